The van der Waals surface area contributed by atoms with Crippen molar-refractivity contribution in [2.75, 3.05) is 13.2 Å². The van der Waals surface area contributed by atoms with E-state index >= 15 is 0 Å². The summed E-state index contributed by atoms with van der Waals surface area (Å²) in [5.41, 5.74) is 0. The molecule has 0 aliphatic heterocycles. The standard InChI is InChI=1S/C7H11ClN2O3S2/c1-5(4-11)2-10-15(12,13)6-3-9-7(8)14-6/h3,5,10-11H,2,4H2,1H3. The quantitative estimate of drug-likeness (QED) is 0.826. The first-order valence-corrected chi connectivity index (χ1v) is 6.85. The Labute approximate surface area is 97.2 Å². The highest BCUT2D eigenvalue weighted by atomic mass is 35.5. The first-order chi connectivity index (χ1) is 6.95. The molecule has 1 atom stereocenters. The summed E-state index contributed by atoms with van der Waals surface area (Å²) < 4.78 is 25.8. The molecule has 0 aromatic carbocycles. The summed E-state index contributed by atoms with van der Waals surface area (Å²) in [5.74, 6) is -0.122. The zero-order valence-corrected chi connectivity index (χ0v) is 10.4. The number of aliphatic hydroxyl groups is 1. The Kier molecular flexibility index (Phi) is 4.47. The van der Waals surface area contributed by atoms with Crippen LogP contribution in [0.4, 0.5) is 0 Å². The monoisotopic (exact) mass is 270 g/mol. The Morgan fingerprint density at radius 3 is 2.87 bits per heavy atom. The van der Waals surface area contributed by atoms with Crippen LogP contribution in [0.15, 0.2) is 10.4 Å². The van der Waals surface area contributed by atoms with Gasteiger partial charge in [0, 0.05) is 13.2 Å². The van der Waals surface area contributed by atoms with Crippen LogP contribution in [0.1, 0.15) is 6.92 Å². The van der Waals surface area contributed by atoms with Gasteiger partial charge in [-0.1, -0.05) is 29.9 Å². The Hall–Kier alpha value is -0.210. The number of hydrogen-bond acceptors (Lipinski definition) is 5. The maximum atomic E-state index is 11.6. The van der Waals surface area contributed by atoms with E-state index < -0.39 is 10.0 Å². The third-order valence-corrected chi connectivity index (χ3v) is 4.65. The van der Waals surface area contributed by atoms with Crippen LogP contribution >= 0.6 is 22.9 Å². The maximum absolute atomic E-state index is 11.6. The van der Waals surface area contributed by atoms with Crippen molar-refractivity contribution in [3.8, 4) is 0 Å². The van der Waals surface area contributed by atoms with Crippen molar-refractivity contribution in [2.24, 2.45) is 5.92 Å². The molecular formula is C7H11ClN2O3S2. The van der Waals surface area contributed by atoms with Crippen molar-refractivity contribution >= 4 is 33.0 Å². The minimum absolute atomic E-state index is 0.0635. The third kappa shape index (κ3) is 3.69. The second-order valence-corrected chi connectivity index (χ2v) is 6.68. The maximum Gasteiger partial charge on any atom is 0.251 e. The average Bonchev–Trinajstić information content (AvgIpc) is 2.62. The number of thiazole rings is 1. The van der Waals surface area contributed by atoms with Gasteiger partial charge in [-0.2, -0.15) is 0 Å². The molecule has 8 heteroatoms. The molecule has 2 N–H and O–H groups in total. The van der Waals surface area contributed by atoms with Crippen LogP contribution in [0, 0.1) is 5.92 Å². The Balaban J connectivity index is 2.68. The van der Waals surface area contributed by atoms with Gasteiger partial charge in [0.25, 0.3) is 10.0 Å². The van der Waals surface area contributed by atoms with E-state index in [1.807, 2.05) is 0 Å². The van der Waals surface area contributed by atoms with E-state index in [1.54, 1.807) is 6.92 Å². The molecule has 1 heterocycles. The highest BCUT2D eigenvalue weighted by Gasteiger charge is 2.17. The van der Waals surface area contributed by atoms with Crippen molar-refractivity contribution < 1.29 is 13.5 Å². The molecular weight excluding hydrogens is 260 g/mol. The van der Waals surface area contributed by atoms with E-state index in [0.29, 0.717) is 0 Å². The van der Waals surface area contributed by atoms with Gasteiger partial charge in [-0.05, 0) is 5.92 Å². The average molecular weight is 271 g/mol. The van der Waals surface area contributed by atoms with E-state index in [1.165, 1.54) is 6.20 Å². The van der Waals surface area contributed by atoms with Gasteiger partial charge in [0.2, 0.25) is 0 Å². The molecule has 0 radical (unpaired) electrons. The fourth-order valence-electron chi connectivity index (χ4n) is 0.751. The van der Waals surface area contributed by atoms with Gasteiger partial charge in [-0.25, -0.2) is 18.1 Å². The number of hydrogen-bond donors (Lipinski definition) is 2. The van der Waals surface area contributed by atoms with E-state index in [0.717, 1.165) is 11.3 Å². The van der Waals surface area contributed by atoms with E-state index in [-0.39, 0.29) is 27.7 Å². The van der Waals surface area contributed by atoms with Gasteiger partial charge in [0.1, 0.15) is 0 Å². The normalized spacial score (nSPS) is 14.1. The minimum Gasteiger partial charge on any atom is -0.396 e. The highest BCUT2D eigenvalue weighted by molar-refractivity contribution is 7.91. The first kappa shape index (κ1) is 12.9. The molecule has 0 bridgehead atoms. The van der Waals surface area contributed by atoms with Crippen LogP contribution in [-0.4, -0.2) is 31.7 Å². The number of nitrogens with zero attached hydrogens (tertiary/aromatic N) is 1. The van der Waals surface area contributed by atoms with Crippen molar-refractivity contribution in [3.05, 3.63) is 10.7 Å². The van der Waals surface area contributed by atoms with Crippen LogP contribution < -0.4 is 4.72 Å². The summed E-state index contributed by atoms with van der Waals surface area (Å²) in [7, 11) is -3.53. The number of rotatable bonds is 5. The molecule has 86 valence electrons. The Bertz CT molecular complexity index is 418. The summed E-state index contributed by atoms with van der Waals surface area (Å²) >= 11 is 6.43. The lowest BCUT2D eigenvalue weighted by molar-refractivity contribution is 0.238. The number of aromatic nitrogens is 1. The molecule has 0 aliphatic rings. The van der Waals surface area contributed by atoms with Gasteiger partial charge in [-0.3, -0.25) is 0 Å². The summed E-state index contributed by atoms with van der Waals surface area (Å²) in [6.45, 7) is 1.86. The molecule has 0 aliphatic carbocycles. The van der Waals surface area contributed by atoms with Crippen LogP contribution in [0.2, 0.25) is 4.47 Å². The molecule has 0 spiro atoms. The molecule has 0 saturated carbocycles. The summed E-state index contributed by atoms with van der Waals surface area (Å²) in [6.07, 6.45) is 1.21. The smallest absolute Gasteiger partial charge is 0.251 e. The minimum atomic E-state index is -3.53. The van der Waals surface area contributed by atoms with Gasteiger partial charge < -0.3 is 5.11 Å². The molecule has 0 fully saturated rings. The lowest BCUT2D eigenvalue weighted by atomic mass is 10.2. The summed E-state index contributed by atoms with van der Waals surface area (Å²) in [4.78, 5) is 3.65. The SMILES string of the molecule is CC(CO)CNS(=O)(=O)c1cnc(Cl)s1. The molecule has 1 aromatic heterocycles. The first-order valence-electron chi connectivity index (χ1n) is 4.17. The van der Waals surface area contributed by atoms with Crippen molar-refractivity contribution in [1.29, 1.82) is 0 Å². The van der Waals surface area contributed by atoms with Gasteiger partial charge in [0.15, 0.2) is 8.68 Å². The van der Waals surface area contributed by atoms with Crippen LogP contribution in [0.3, 0.4) is 0 Å². The largest absolute Gasteiger partial charge is 0.396 e. The molecule has 5 nitrogen and oxygen atoms in total. The van der Waals surface area contributed by atoms with E-state index in [4.69, 9.17) is 16.7 Å². The zero-order chi connectivity index (χ0) is 11.5. The molecule has 0 amide bonds. The van der Waals surface area contributed by atoms with Crippen molar-refractivity contribution in [3.63, 3.8) is 0 Å². The number of sulfonamides is 1. The topological polar surface area (TPSA) is 79.3 Å². The third-order valence-electron chi connectivity index (χ3n) is 1.65. The summed E-state index contributed by atoms with van der Waals surface area (Å²) in [5, 5.41) is 8.74. The van der Waals surface area contributed by atoms with E-state index in [2.05, 4.69) is 9.71 Å². The van der Waals surface area contributed by atoms with Crippen LogP contribution in [0.5, 0.6) is 0 Å². The molecule has 15 heavy (non-hydrogen) atoms. The van der Waals surface area contributed by atoms with E-state index in [9.17, 15) is 8.42 Å². The van der Waals surface area contributed by atoms with Crippen molar-refractivity contribution in [2.45, 2.75) is 11.1 Å². The Morgan fingerprint density at radius 2 is 2.40 bits per heavy atom. The van der Waals surface area contributed by atoms with Crippen LogP contribution in [0.25, 0.3) is 0 Å². The molecule has 1 rings (SSSR count). The fourth-order valence-corrected chi connectivity index (χ4v) is 3.25. The highest BCUT2D eigenvalue weighted by Crippen LogP contribution is 2.22. The molecule has 0 saturated heterocycles. The number of aliphatic hydroxyl groups excluding tert-OH is 1. The van der Waals surface area contributed by atoms with Gasteiger partial charge >= 0.3 is 0 Å². The number of halogens is 1. The predicted octanol–water partition coefficient (Wildman–Crippen LogP) is 0.703. The fraction of sp³-hybridized carbons (Fsp3) is 0.571. The van der Waals surface area contributed by atoms with Crippen molar-refractivity contribution in [1.82, 2.24) is 9.71 Å². The number of nitrogens with one attached hydrogen (secondary N) is 1. The predicted molar refractivity (Wildman–Crippen MR) is 58.6 cm³/mol. The van der Waals surface area contributed by atoms with Gasteiger partial charge in [-0.15, -0.1) is 0 Å². The lowest BCUT2D eigenvalue weighted by Gasteiger charge is -2.08. The molecule has 1 unspecified atom stereocenters. The van der Waals surface area contributed by atoms with Gasteiger partial charge in [0.05, 0.1) is 6.20 Å². The second-order valence-electron chi connectivity index (χ2n) is 3.07. The summed E-state index contributed by atoms with van der Waals surface area (Å²) in [6, 6.07) is 0. The lowest BCUT2D eigenvalue weighted by Crippen LogP contribution is -2.29. The Morgan fingerprint density at radius 1 is 1.73 bits per heavy atom. The second kappa shape index (κ2) is 5.22. The van der Waals surface area contributed by atoms with Crippen LogP contribution in [-0.2, 0) is 10.0 Å². The zero-order valence-electron chi connectivity index (χ0n) is 7.97. The molecule has 1 aromatic rings.